The molecule has 1 heterocycles. The lowest BCUT2D eigenvalue weighted by molar-refractivity contribution is 0.0957. The van der Waals surface area contributed by atoms with Crippen molar-refractivity contribution in [3.05, 3.63) is 41.6 Å². The molecule has 0 N–H and O–H groups in total. The standard InChI is InChI=1S/C17H19NO/c1-12-10-16(17(19)11-13-6-2-3-7-13)18-15-9-5-4-8-14(12)15/h4-5,8-10,13H,2-3,6-7,11H2,1H3. The summed E-state index contributed by atoms with van der Waals surface area (Å²) in [7, 11) is 0. The third kappa shape index (κ3) is 2.53. The molecule has 1 aromatic carbocycles. The fourth-order valence-corrected chi connectivity index (χ4v) is 3.07. The summed E-state index contributed by atoms with van der Waals surface area (Å²) in [5.74, 6) is 0.793. The highest BCUT2D eigenvalue weighted by Crippen LogP contribution is 2.29. The van der Waals surface area contributed by atoms with E-state index in [1.807, 2.05) is 24.3 Å². The summed E-state index contributed by atoms with van der Waals surface area (Å²) in [4.78, 5) is 16.9. The van der Waals surface area contributed by atoms with Crippen LogP contribution in [0, 0.1) is 12.8 Å². The zero-order valence-corrected chi connectivity index (χ0v) is 11.4. The highest BCUT2D eigenvalue weighted by Gasteiger charge is 2.20. The zero-order chi connectivity index (χ0) is 13.2. The van der Waals surface area contributed by atoms with Gasteiger partial charge in [-0.05, 0) is 30.5 Å². The molecule has 1 aliphatic carbocycles. The molecule has 1 saturated carbocycles. The Kier molecular flexibility index (Phi) is 3.33. The highest BCUT2D eigenvalue weighted by molar-refractivity contribution is 5.97. The van der Waals surface area contributed by atoms with Crippen molar-refractivity contribution in [3.63, 3.8) is 0 Å². The molecule has 0 saturated heterocycles. The molecule has 1 fully saturated rings. The molecule has 19 heavy (non-hydrogen) atoms. The molecule has 0 radical (unpaired) electrons. The van der Waals surface area contributed by atoms with Crippen molar-refractivity contribution >= 4 is 16.7 Å². The molecule has 0 amide bonds. The smallest absolute Gasteiger partial charge is 0.181 e. The van der Waals surface area contributed by atoms with E-state index in [2.05, 4.69) is 18.0 Å². The lowest BCUT2D eigenvalue weighted by Gasteiger charge is -2.09. The van der Waals surface area contributed by atoms with Gasteiger partial charge in [0.15, 0.2) is 5.78 Å². The second-order valence-corrected chi connectivity index (χ2v) is 5.62. The van der Waals surface area contributed by atoms with Crippen LogP contribution in [0.25, 0.3) is 10.9 Å². The van der Waals surface area contributed by atoms with Gasteiger partial charge in [0.25, 0.3) is 0 Å². The van der Waals surface area contributed by atoms with E-state index in [1.165, 1.54) is 25.7 Å². The number of para-hydroxylation sites is 1. The minimum atomic E-state index is 0.209. The van der Waals surface area contributed by atoms with Crippen LogP contribution in [0.15, 0.2) is 30.3 Å². The van der Waals surface area contributed by atoms with Gasteiger partial charge < -0.3 is 0 Å². The number of benzene rings is 1. The Labute approximate surface area is 113 Å². The number of fused-ring (bicyclic) bond motifs is 1. The molecular weight excluding hydrogens is 234 g/mol. The van der Waals surface area contributed by atoms with E-state index in [1.54, 1.807) is 0 Å². The molecule has 0 unspecified atom stereocenters. The Hall–Kier alpha value is -1.70. The first kappa shape index (κ1) is 12.3. The second kappa shape index (κ2) is 5.12. The fourth-order valence-electron chi connectivity index (χ4n) is 3.07. The van der Waals surface area contributed by atoms with E-state index >= 15 is 0 Å². The number of ketones is 1. The monoisotopic (exact) mass is 253 g/mol. The first-order valence-corrected chi connectivity index (χ1v) is 7.13. The molecule has 0 spiro atoms. The first-order chi connectivity index (χ1) is 9.24. The minimum Gasteiger partial charge on any atom is -0.292 e. The summed E-state index contributed by atoms with van der Waals surface area (Å²) in [5.41, 5.74) is 2.71. The van der Waals surface area contributed by atoms with Gasteiger partial charge in [-0.1, -0.05) is 43.9 Å². The maximum absolute atomic E-state index is 12.3. The summed E-state index contributed by atoms with van der Waals surface area (Å²) in [6.07, 6.45) is 5.64. The SMILES string of the molecule is Cc1cc(C(=O)CC2CCCC2)nc2ccccc12. The predicted molar refractivity (Wildman–Crippen MR) is 77.4 cm³/mol. The van der Waals surface area contributed by atoms with Gasteiger partial charge in [0.2, 0.25) is 0 Å². The number of hydrogen-bond acceptors (Lipinski definition) is 2. The number of hydrogen-bond donors (Lipinski definition) is 0. The zero-order valence-electron chi connectivity index (χ0n) is 11.4. The van der Waals surface area contributed by atoms with Crippen LogP contribution in [0.4, 0.5) is 0 Å². The van der Waals surface area contributed by atoms with E-state index in [9.17, 15) is 4.79 Å². The van der Waals surface area contributed by atoms with Gasteiger partial charge in [-0.3, -0.25) is 4.79 Å². The number of nitrogens with zero attached hydrogens (tertiary/aromatic N) is 1. The van der Waals surface area contributed by atoms with Crippen LogP contribution >= 0.6 is 0 Å². The number of Topliss-reactive ketones (excluding diaryl/α,β-unsaturated/α-hetero) is 1. The lowest BCUT2D eigenvalue weighted by atomic mass is 9.98. The molecule has 2 heteroatoms. The number of rotatable bonds is 3. The van der Waals surface area contributed by atoms with E-state index in [0.717, 1.165) is 16.5 Å². The van der Waals surface area contributed by atoms with Gasteiger partial charge in [0.05, 0.1) is 5.52 Å². The fraction of sp³-hybridized carbons (Fsp3) is 0.412. The van der Waals surface area contributed by atoms with Crippen molar-refractivity contribution in [1.82, 2.24) is 4.98 Å². The Morgan fingerprint density at radius 2 is 2.00 bits per heavy atom. The average Bonchev–Trinajstić information content (AvgIpc) is 2.91. The van der Waals surface area contributed by atoms with Gasteiger partial charge in [0.1, 0.15) is 5.69 Å². The third-order valence-electron chi connectivity index (χ3n) is 4.16. The Morgan fingerprint density at radius 1 is 1.26 bits per heavy atom. The molecule has 2 nitrogen and oxygen atoms in total. The molecule has 3 rings (SSSR count). The van der Waals surface area contributed by atoms with Crippen LogP contribution < -0.4 is 0 Å². The Bertz CT molecular complexity index is 612. The summed E-state index contributed by atoms with van der Waals surface area (Å²) >= 11 is 0. The van der Waals surface area contributed by atoms with Gasteiger partial charge >= 0.3 is 0 Å². The maximum atomic E-state index is 12.3. The van der Waals surface area contributed by atoms with Gasteiger partial charge in [0, 0.05) is 11.8 Å². The first-order valence-electron chi connectivity index (χ1n) is 7.13. The van der Waals surface area contributed by atoms with Crippen LogP contribution in [0.3, 0.4) is 0 Å². The predicted octanol–water partition coefficient (Wildman–Crippen LogP) is 4.31. The normalized spacial score (nSPS) is 16.1. The van der Waals surface area contributed by atoms with Gasteiger partial charge in [-0.15, -0.1) is 0 Å². The lowest BCUT2D eigenvalue weighted by Crippen LogP contribution is -2.08. The minimum absolute atomic E-state index is 0.209. The largest absolute Gasteiger partial charge is 0.292 e. The molecule has 0 aliphatic heterocycles. The molecule has 1 aliphatic rings. The molecule has 0 bridgehead atoms. The van der Waals surface area contributed by atoms with E-state index in [4.69, 9.17) is 0 Å². The van der Waals surface area contributed by atoms with Gasteiger partial charge in [-0.25, -0.2) is 4.98 Å². The molecule has 1 aromatic heterocycles. The van der Waals surface area contributed by atoms with Crippen molar-refractivity contribution in [2.45, 2.75) is 39.0 Å². The second-order valence-electron chi connectivity index (χ2n) is 5.62. The van der Waals surface area contributed by atoms with Gasteiger partial charge in [-0.2, -0.15) is 0 Å². The number of carbonyl (C=O) groups excluding carboxylic acids is 1. The van der Waals surface area contributed by atoms with E-state index < -0.39 is 0 Å². The van der Waals surface area contributed by atoms with Crippen molar-refractivity contribution < 1.29 is 4.79 Å². The number of aromatic nitrogens is 1. The van der Waals surface area contributed by atoms with Crippen LogP contribution in [0.5, 0.6) is 0 Å². The highest BCUT2D eigenvalue weighted by atomic mass is 16.1. The maximum Gasteiger partial charge on any atom is 0.181 e. The summed E-state index contributed by atoms with van der Waals surface area (Å²) < 4.78 is 0. The van der Waals surface area contributed by atoms with Crippen molar-refractivity contribution in [2.75, 3.05) is 0 Å². The number of aryl methyl sites for hydroxylation is 1. The van der Waals surface area contributed by atoms with Crippen molar-refractivity contribution in [3.8, 4) is 0 Å². The van der Waals surface area contributed by atoms with E-state index in [0.29, 0.717) is 18.0 Å². The summed E-state index contributed by atoms with van der Waals surface area (Å²) in [6, 6.07) is 9.97. The van der Waals surface area contributed by atoms with Crippen molar-refractivity contribution in [2.24, 2.45) is 5.92 Å². The average molecular weight is 253 g/mol. The Balaban J connectivity index is 1.89. The Morgan fingerprint density at radius 3 is 2.79 bits per heavy atom. The topological polar surface area (TPSA) is 30.0 Å². The molecule has 0 atom stereocenters. The van der Waals surface area contributed by atoms with Crippen LogP contribution in [-0.4, -0.2) is 10.8 Å². The third-order valence-corrected chi connectivity index (χ3v) is 4.16. The molecular formula is C17H19NO. The summed E-state index contributed by atoms with van der Waals surface area (Å²) in [5, 5.41) is 1.14. The summed E-state index contributed by atoms with van der Waals surface area (Å²) in [6.45, 7) is 2.05. The van der Waals surface area contributed by atoms with Crippen molar-refractivity contribution in [1.29, 1.82) is 0 Å². The number of carbonyl (C=O) groups is 1. The van der Waals surface area contributed by atoms with E-state index in [-0.39, 0.29) is 5.78 Å². The molecule has 98 valence electrons. The van der Waals surface area contributed by atoms with Crippen LogP contribution in [0.1, 0.15) is 48.2 Å². The van der Waals surface area contributed by atoms with Crippen LogP contribution in [-0.2, 0) is 0 Å². The molecule has 2 aromatic rings. The van der Waals surface area contributed by atoms with Crippen LogP contribution in [0.2, 0.25) is 0 Å². The number of pyridine rings is 1. The quantitative estimate of drug-likeness (QED) is 0.763.